The number of aliphatic hydroxyl groups is 1. The van der Waals surface area contributed by atoms with Gasteiger partial charge in [0.25, 0.3) is 0 Å². The molecule has 0 radical (unpaired) electrons. The number of hydrogen-bond donors (Lipinski definition) is 1. The van der Waals surface area contributed by atoms with E-state index in [0.29, 0.717) is 5.69 Å². The van der Waals surface area contributed by atoms with Crippen LogP contribution in [0.15, 0.2) is 29.6 Å². The fraction of sp³-hybridized carbons (Fsp3) is 0.385. The van der Waals surface area contributed by atoms with Crippen LogP contribution in [0.2, 0.25) is 0 Å². The number of nitrogens with zero attached hydrogens (tertiary/aromatic N) is 2. The fourth-order valence-electron chi connectivity index (χ4n) is 2.15. The number of benzene rings is 1. The minimum absolute atomic E-state index is 0.631. The molecule has 1 aromatic carbocycles. The number of aliphatic hydroxyl groups excluding tert-OH is 1. The monoisotopic (exact) mass is 246 g/mol. The minimum Gasteiger partial charge on any atom is -0.382 e. The van der Waals surface area contributed by atoms with Gasteiger partial charge in [0.1, 0.15) is 11.8 Å². The number of rotatable bonds is 3. The quantitative estimate of drug-likeness (QED) is 0.905. The van der Waals surface area contributed by atoms with E-state index in [1.807, 2.05) is 12.1 Å². The summed E-state index contributed by atoms with van der Waals surface area (Å²) in [6, 6.07) is 8.25. The van der Waals surface area contributed by atoms with Crippen LogP contribution in [0.1, 0.15) is 48.1 Å². The molecule has 17 heavy (non-hydrogen) atoms. The van der Waals surface area contributed by atoms with E-state index in [1.165, 1.54) is 36.4 Å². The van der Waals surface area contributed by atoms with Crippen LogP contribution in [0.5, 0.6) is 0 Å². The predicted octanol–water partition coefficient (Wildman–Crippen LogP) is 2.89. The zero-order valence-electron chi connectivity index (χ0n) is 9.41. The minimum atomic E-state index is -0.649. The molecule has 1 aliphatic rings. The first kappa shape index (κ1) is 10.9. The van der Waals surface area contributed by atoms with Crippen molar-refractivity contribution < 1.29 is 5.11 Å². The molecule has 1 saturated carbocycles. The van der Waals surface area contributed by atoms with E-state index in [4.69, 9.17) is 0 Å². The Bertz CT molecular complexity index is 477. The summed E-state index contributed by atoms with van der Waals surface area (Å²) in [5, 5.41) is 15.8. The molecule has 1 heterocycles. The van der Waals surface area contributed by atoms with Gasteiger partial charge in [0.2, 0.25) is 0 Å². The summed E-state index contributed by atoms with van der Waals surface area (Å²) in [6.07, 6.45) is 3.30. The van der Waals surface area contributed by atoms with Crippen LogP contribution in [0, 0.1) is 0 Å². The van der Waals surface area contributed by atoms with Crippen LogP contribution in [0.25, 0.3) is 0 Å². The van der Waals surface area contributed by atoms with Gasteiger partial charge in [-0.05, 0) is 41.4 Å². The van der Waals surface area contributed by atoms with E-state index in [-0.39, 0.29) is 0 Å². The largest absolute Gasteiger partial charge is 0.382 e. The molecule has 0 amide bonds. The lowest BCUT2D eigenvalue weighted by molar-refractivity contribution is 0.215. The normalized spacial score (nSPS) is 17.7. The third kappa shape index (κ3) is 2.10. The summed E-state index contributed by atoms with van der Waals surface area (Å²) < 4.78 is 3.77. The van der Waals surface area contributed by atoms with E-state index in [0.717, 1.165) is 11.5 Å². The molecule has 4 heteroatoms. The Balaban J connectivity index is 1.79. The Kier molecular flexibility index (Phi) is 2.91. The third-order valence-corrected chi connectivity index (χ3v) is 4.01. The molecule has 3 rings (SSSR count). The first-order valence-electron chi connectivity index (χ1n) is 5.89. The van der Waals surface area contributed by atoms with Gasteiger partial charge in [-0.25, -0.2) is 0 Å². The lowest BCUT2D eigenvalue weighted by Gasteiger charge is -2.26. The van der Waals surface area contributed by atoms with E-state index in [1.54, 1.807) is 5.38 Å². The highest BCUT2D eigenvalue weighted by Crippen LogP contribution is 2.36. The van der Waals surface area contributed by atoms with Crippen molar-refractivity contribution in [3.63, 3.8) is 0 Å². The van der Waals surface area contributed by atoms with E-state index in [9.17, 15) is 5.11 Å². The maximum Gasteiger partial charge on any atom is 0.124 e. The van der Waals surface area contributed by atoms with E-state index < -0.39 is 6.10 Å². The van der Waals surface area contributed by atoms with Crippen LogP contribution in [-0.4, -0.2) is 14.7 Å². The van der Waals surface area contributed by atoms with Crippen molar-refractivity contribution in [2.24, 2.45) is 0 Å². The number of hydrogen-bond acceptors (Lipinski definition) is 4. The Morgan fingerprint density at radius 2 is 2.00 bits per heavy atom. The molecule has 1 N–H and O–H groups in total. The van der Waals surface area contributed by atoms with Crippen LogP contribution in [0.4, 0.5) is 0 Å². The highest BCUT2D eigenvalue weighted by Gasteiger charge is 2.20. The molecule has 0 spiro atoms. The van der Waals surface area contributed by atoms with Crippen molar-refractivity contribution in [1.29, 1.82) is 0 Å². The van der Waals surface area contributed by atoms with Gasteiger partial charge in [-0.1, -0.05) is 35.2 Å². The van der Waals surface area contributed by atoms with Gasteiger partial charge in [-0.15, -0.1) is 5.10 Å². The SMILES string of the molecule is OC(c1ccc(C2CCC2)cc1)c1csnn1. The Morgan fingerprint density at radius 3 is 2.53 bits per heavy atom. The molecule has 1 aromatic heterocycles. The standard InChI is InChI=1S/C13H14N2OS/c16-13(12-8-17-15-14-12)11-6-4-10(5-7-11)9-2-1-3-9/h4-9,13,16H,1-3H2. The molecular formula is C13H14N2OS. The second kappa shape index (κ2) is 4.55. The second-order valence-corrected chi connectivity index (χ2v) is 5.14. The molecular weight excluding hydrogens is 232 g/mol. The van der Waals surface area contributed by atoms with Gasteiger partial charge in [-0.3, -0.25) is 0 Å². The molecule has 2 aromatic rings. The molecule has 1 fully saturated rings. The van der Waals surface area contributed by atoms with Crippen molar-refractivity contribution in [2.45, 2.75) is 31.3 Å². The molecule has 0 saturated heterocycles. The number of aromatic nitrogens is 2. The summed E-state index contributed by atoms with van der Waals surface area (Å²) in [5.74, 6) is 0.738. The first-order chi connectivity index (χ1) is 8.34. The zero-order chi connectivity index (χ0) is 11.7. The Hall–Kier alpha value is -1.26. The van der Waals surface area contributed by atoms with Crippen LogP contribution in [0.3, 0.4) is 0 Å². The summed E-state index contributed by atoms with van der Waals surface area (Å²) in [4.78, 5) is 0. The second-order valence-electron chi connectivity index (χ2n) is 4.53. The van der Waals surface area contributed by atoms with Crippen LogP contribution < -0.4 is 0 Å². The first-order valence-corrected chi connectivity index (χ1v) is 6.73. The molecule has 88 valence electrons. The van der Waals surface area contributed by atoms with Gasteiger partial charge in [0.15, 0.2) is 0 Å². The maximum absolute atomic E-state index is 10.1. The van der Waals surface area contributed by atoms with Gasteiger partial charge in [-0.2, -0.15) is 0 Å². The molecule has 1 atom stereocenters. The van der Waals surface area contributed by atoms with E-state index >= 15 is 0 Å². The summed E-state index contributed by atoms with van der Waals surface area (Å²) in [5.41, 5.74) is 2.91. The summed E-state index contributed by atoms with van der Waals surface area (Å²) >= 11 is 1.26. The van der Waals surface area contributed by atoms with Gasteiger partial charge in [0.05, 0.1) is 0 Å². The Morgan fingerprint density at radius 1 is 1.24 bits per heavy atom. The zero-order valence-corrected chi connectivity index (χ0v) is 10.2. The predicted molar refractivity (Wildman–Crippen MR) is 67.0 cm³/mol. The van der Waals surface area contributed by atoms with Crippen LogP contribution >= 0.6 is 11.5 Å². The summed E-state index contributed by atoms with van der Waals surface area (Å²) in [6.45, 7) is 0. The van der Waals surface area contributed by atoms with Crippen molar-refractivity contribution in [1.82, 2.24) is 9.59 Å². The van der Waals surface area contributed by atoms with Gasteiger partial charge in [0, 0.05) is 5.38 Å². The maximum atomic E-state index is 10.1. The average molecular weight is 246 g/mol. The van der Waals surface area contributed by atoms with Gasteiger partial charge < -0.3 is 5.11 Å². The topological polar surface area (TPSA) is 46.0 Å². The molecule has 1 unspecified atom stereocenters. The molecule has 0 aliphatic heterocycles. The average Bonchev–Trinajstić information content (AvgIpc) is 2.80. The lowest BCUT2D eigenvalue weighted by atomic mass is 9.80. The van der Waals surface area contributed by atoms with E-state index in [2.05, 4.69) is 21.7 Å². The highest BCUT2D eigenvalue weighted by molar-refractivity contribution is 7.03. The van der Waals surface area contributed by atoms with Crippen molar-refractivity contribution in [3.05, 3.63) is 46.5 Å². The van der Waals surface area contributed by atoms with Crippen LogP contribution in [-0.2, 0) is 0 Å². The fourth-order valence-corrected chi connectivity index (χ4v) is 2.63. The molecule has 3 nitrogen and oxygen atoms in total. The Labute approximate surface area is 104 Å². The lowest BCUT2D eigenvalue weighted by Crippen LogP contribution is -2.09. The van der Waals surface area contributed by atoms with Crippen molar-refractivity contribution in [2.75, 3.05) is 0 Å². The smallest absolute Gasteiger partial charge is 0.124 e. The van der Waals surface area contributed by atoms with Crippen molar-refractivity contribution in [3.8, 4) is 0 Å². The molecule has 0 bridgehead atoms. The highest BCUT2D eigenvalue weighted by atomic mass is 32.1. The van der Waals surface area contributed by atoms with Crippen molar-refractivity contribution >= 4 is 11.5 Å². The molecule has 1 aliphatic carbocycles. The summed E-state index contributed by atoms with van der Waals surface area (Å²) in [7, 11) is 0. The third-order valence-electron chi connectivity index (χ3n) is 3.49. The van der Waals surface area contributed by atoms with Gasteiger partial charge >= 0.3 is 0 Å².